The number of hydrogen-bond acceptors (Lipinski definition) is 3. The van der Waals surface area contributed by atoms with E-state index in [9.17, 15) is 9.59 Å². The van der Waals surface area contributed by atoms with Gasteiger partial charge in [0.2, 0.25) is 0 Å². The highest BCUT2D eigenvalue weighted by Crippen LogP contribution is 2.26. The number of nitrogens with zero attached hydrogens (tertiary/aromatic N) is 1. The van der Waals surface area contributed by atoms with Crippen molar-refractivity contribution in [3.63, 3.8) is 0 Å². The highest BCUT2D eigenvalue weighted by molar-refractivity contribution is 6.31. The molecular weight excluding hydrogens is 352 g/mol. The molecule has 0 radical (unpaired) electrons. The number of halogens is 1. The molecule has 2 heterocycles. The maximum absolute atomic E-state index is 12.6. The van der Waals surface area contributed by atoms with Gasteiger partial charge in [0.25, 0.3) is 11.8 Å². The van der Waals surface area contributed by atoms with Crippen LogP contribution >= 0.6 is 11.6 Å². The minimum atomic E-state index is -0.469. The Morgan fingerprint density at radius 1 is 0.923 bits per heavy atom. The SMILES string of the molecule is O=C1NN(c2ccccc2)C(=O)/C1=C\c1ccc(-c2ccc(Cl)cc2)o1. The highest BCUT2D eigenvalue weighted by atomic mass is 35.5. The second-order valence-electron chi connectivity index (χ2n) is 5.68. The zero-order chi connectivity index (χ0) is 18.1. The van der Waals surface area contributed by atoms with Crippen molar-refractivity contribution in [1.29, 1.82) is 0 Å². The van der Waals surface area contributed by atoms with Crippen molar-refractivity contribution in [3.05, 3.63) is 83.1 Å². The van der Waals surface area contributed by atoms with Gasteiger partial charge in [0.1, 0.15) is 17.1 Å². The summed E-state index contributed by atoms with van der Waals surface area (Å²) in [6.45, 7) is 0. The Bertz CT molecular complexity index is 1010. The standard InChI is InChI=1S/C20H13ClN2O3/c21-14-8-6-13(7-9-14)18-11-10-16(26-18)12-17-19(24)22-23(20(17)25)15-4-2-1-3-5-15/h1-12H,(H,22,24)/b17-12-. The minimum Gasteiger partial charge on any atom is -0.457 e. The van der Waals surface area contributed by atoms with Crippen LogP contribution in [0.5, 0.6) is 0 Å². The predicted octanol–water partition coefficient (Wildman–Crippen LogP) is 4.06. The third kappa shape index (κ3) is 3.00. The quantitative estimate of drug-likeness (QED) is 0.563. The molecule has 6 heteroatoms. The van der Waals surface area contributed by atoms with E-state index in [1.807, 2.05) is 18.2 Å². The molecule has 0 atom stereocenters. The zero-order valence-corrected chi connectivity index (χ0v) is 14.2. The molecule has 1 aromatic heterocycles. The van der Waals surface area contributed by atoms with E-state index in [1.165, 1.54) is 11.1 Å². The number of carbonyl (C=O) groups is 2. The van der Waals surface area contributed by atoms with Crippen LogP contribution in [-0.2, 0) is 9.59 Å². The first-order valence-corrected chi connectivity index (χ1v) is 8.27. The lowest BCUT2D eigenvalue weighted by atomic mass is 10.2. The van der Waals surface area contributed by atoms with E-state index in [0.717, 1.165) is 5.56 Å². The van der Waals surface area contributed by atoms with Gasteiger partial charge in [-0.3, -0.25) is 15.0 Å². The first kappa shape index (κ1) is 16.2. The van der Waals surface area contributed by atoms with E-state index < -0.39 is 11.8 Å². The Labute approximate surface area is 154 Å². The largest absolute Gasteiger partial charge is 0.457 e. The van der Waals surface area contributed by atoms with Gasteiger partial charge < -0.3 is 4.42 Å². The summed E-state index contributed by atoms with van der Waals surface area (Å²) in [7, 11) is 0. The van der Waals surface area contributed by atoms with Crippen LogP contribution in [0.1, 0.15) is 5.76 Å². The highest BCUT2D eigenvalue weighted by Gasteiger charge is 2.34. The summed E-state index contributed by atoms with van der Waals surface area (Å²) in [5, 5.41) is 1.86. The first-order chi connectivity index (χ1) is 12.6. The van der Waals surface area contributed by atoms with Gasteiger partial charge in [-0.2, -0.15) is 0 Å². The van der Waals surface area contributed by atoms with Crippen molar-refractivity contribution in [2.75, 3.05) is 5.01 Å². The molecular formula is C20H13ClN2O3. The lowest BCUT2D eigenvalue weighted by Gasteiger charge is -2.13. The van der Waals surface area contributed by atoms with Crippen LogP contribution in [0.3, 0.4) is 0 Å². The van der Waals surface area contributed by atoms with Crippen LogP contribution in [0.15, 0.2) is 76.7 Å². The van der Waals surface area contributed by atoms with E-state index in [0.29, 0.717) is 22.2 Å². The monoisotopic (exact) mass is 364 g/mol. The summed E-state index contributed by atoms with van der Waals surface area (Å²) >= 11 is 5.89. The van der Waals surface area contributed by atoms with Crippen LogP contribution in [0, 0.1) is 0 Å². The fraction of sp³-hybridized carbons (Fsp3) is 0. The average molecular weight is 365 g/mol. The number of hydrazine groups is 1. The lowest BCUT2D eigenvalue weighted by molar-refractivity contribution is -0.117. The van der Waals surface area contributed by atoms with Gasteiger partial charge in [-0.15, -0.1) is 0 Å². The Morgan fingerprint density at radius 2 is 1.65 bits per heavy atom. The van der Waals surface area contributed by atoms with Gasteiger partial charge in [-0.25, -0.2) is 5.01 Å². The Balaban J connectivity index is 1.61. The van der Waals surface area contributed by atoms with Crippen molar-refractivity contribution in [3.8, 4) is 11.3 Å². The molecule has 0 spiro atoms. The van der Waals surface area contributed by atoms with Crippen molar-refractivity contribution in [1.82, 2.24) is 5.43 Å². The number of carbonyl (C=O) groups excluding carboxylic acids is 2. The smallest absolute Gasteiger partial charge is 0.282 e. The van der Waals surface area contributed by atoms with E-state index in [-0.39, 0.29) is 5.57 Å². The summed E-state index contributed by atoms with van der Waals surface area (Å²) in [6, 6.07) is 19.6. The van der Waals surface area contributed by atoms with Crippen LogP contribution < -0.4 is 10.4 Å². The lowest BCUT2D eigenvalue weighted by Crippen LogP contribution is -2.35. The van der Waals surface area contributed by atoms with Gasteiger partial charge in [0.15, 0.2) is 0 Å². The van der Waals surface area contributed by atoms with Gasteiger partial charge in [0, 0.05) is 10.6 Å². The topological polar surface area (TPSA) is 62.6 Å². The number of rotatable bonds is 3. The fourth-order valence-corrected chi connectivity index (χ4v) is 2.78. The van der Waals surface area contributed by atoms with Crippen LogP contribution in [-0.4, -0.2) is 11.8 Å². The van der Waals surface area contributed by atoms with Crippen LogP contribution in [0.25, 0.3) is 17.4 Å². The molecule has 2 aromatic carbocycles. The van der Waals surface area contributed by atoms with Crippen molar-refractivity contribution < 1.29 is 14.0 Å². The summed E-state index contributed by atoms with van der Waals surface area (Å²) in [6.07, 6.45) is 1.44. The predicted molar refractivity (Wildman–Crippen MR) is 99.2 cm³/mol. The number of para-hydroxylation sites is 1. The van der Waals surface area contributed by atoms with Crippen molar-refractivity contribution in [2.24, 2.45) is 0 Å². The van der Waals surface area contributed by atoms with Gasteiger partial charge in [0.05, 0.1) is 5.69 Å². The third-order valence-corrected chi connectivity index (χ3v) is 4.20. The number of hydrogen-bond donors (Lipinski definition) is 1. The van der Waals surface area contributed by atoms with Gasteiger partial charge in [-0.1, -0.05) is 29.8 Å². The molecule has 128 valence electrons. The van der Waals surface area contributed by atoms with Gasteiger partial charge in [-0.05, 0) is 54.6 Å². The van der Waals surface area contributed by atoms with Crippen molar-refractivity contribution >= 4 is 35.2 Å². The molecule has 0 unspecified atom stereocenters. The summed E-state index contributed by atoms with van der Waals surface area (Å²) < 4.78 is 5.74. The maximum Gasteiger partial charge on any atom is 0.282 e. The number of furan rings is 1. The molecule has 0 bridgehead atoms. The van der Waals surface area contributed by atoms with Crippen LogP contribution in [0.2, 0.25) is 5.02 Å². The zero-order valence-electron chi connectivity index (χ0n) is 13.5. The second kappa shape index (κ2) is 6.54. The molecule has 1 saturated heterocycles. The Hall–Kier alpha value is -3.31. The van der Waals surface area contributed by atoms with E-state index in [2.05, 4.69) is 5.43 Å². The second-order valence-corrected chi connectivity index (χ2v) is 6.12. The van der Waals surface area contributed by atoms with Crippen molar-refractivity contribution in [2.45, 2.75) is 0 Å². The van der Waals surface area contributed by atoms with Gasteiger partial charge >= 0.3 is 0 Å². The Kier molecular flexibility index (Phi) is 4.07. The molecule has 1 fully saturated rings. The molecule has 5 nitrogen and oxygen atoms in total. The first-order valence-electron chi connectivity index (χ1n) is 7.90. The number of amides is 2. The summed E-state index contributed by atoms with van der Waals surface area (Å²) in [5.74, 6) is 0.150. The Morgan fingerprint density at radius 3 is 2.38 bits per heavy atom. The number of nitrogens with one attached hydrogen (secondary N) is 1. The number of benzene rings is 2. The molecule has 0 aliphatic carbocycles. The molecule has 1 N–H and O–H groups in total. The van der Waals surface area contributed by atoms with Crippen LogP contribution in [0.4, 0.5) is 5.69 Å². The van der Waals surface area contributed by atoms with E-state index >= 15 is 0 Å². The maximum atomic E-state index is 12.6. The number of anilines is 1. The van der Waals surface area contributed by atoms with E-state index in [1.54, 1.807) is 48.5 Å². The summed E-state index contributed by atoms with van der Waals surface area (Å²) in [5.41, 5.74) is 4.02. The molecule has 4 rings (SSSR count). The fourth-order valence-electron chi connectivity index (χ4n) is 2.66. The molecule has 0 saturated carbocycles. The summed E-state index contributed by atoms with van der Waals surface area (Å²) in [4.78, 5) is 24.7. The van der Waals surface area contributed by atoms with E-state index in [4.69, 9.17) is 16.0 Å². The average Bonchev–Trinajstić information content (AvgIpc) is 3.23. The molecule has 3 aromatic rings. The molecule has 1 aliphatic rings. The molecule has 1 aliphatic heterocycles. The minimum absolute atomic E-state index is 0.0193. The molecule has 26 heavy (non-hydrogen) atoms. The molecule has 2 amide bonds. The third-order valence-electron chi connectivity index (χ3n) is 3.95. The normalized spacial score (nSPS) is 15.6.